The molecule has 1 aromatic heterocycles. The maximum absolute atomic E-state index is 12.6. The first-order valence-corrected chi connectivity index (χ1v) is 9.18. The third kappa shape index (κ3) is 3.70. The van der Waals surface area contributed by atoms with Crippen molar-refractivity contribution in [3.8, 4) is 0 Å². The molecule has 1 aliphatic heterocycles. The molecule has 0 saturated carbocycles. The number of carbonyl (C=O) groups is 1. The number of nitrogens with zero attached hydrogens (tertiary/aromatic N) is 2. The van der Waals surface area contributed by atoms with Crippen molar-refractivity contribution >= 4 is 34.5 Å². The smallest absolute Gasteiger partial charge is 0.254 e. The minimum atomic E-state index is 0.152. The number of halogens is 1. The predicted molar refractivity (Wildman–Crippen MR) is 98.0 cm³/mol. The molecule has 1 saturated heterocycles. The fourth-order valence-corrected chi connectivity index (χ4v) is 3.87. The van der Waals surface area contributed by atoms with E-state index in [0.717, 1.165) is 42.5 Å². The Morgan fingerprint density at radius 1 is 1.17 bits per heavy atom. The molecule has 0 spiro atoms. The van der Waals surface area contributed by atoms with Crippen molar-refractivity contribution < 1.29 is 4.79 Å². The summed E-state index contributed by atoms with van der Waals surface area (Å²) in [6, 6.07) is 9.94. The van der Waals surface area contributed by atoms with Crippen LogP contribution in [0.5, 0.6) is 0 Å². The van der Waals surface area contributed by atoms with Gasteiger partial charge >= 0.3 is 0 Å². The zero-order chi connectivity index (χ0) is 16.4. The fraction of sp³-hybridized carbons (Fsp3) is 0.389. The summed E-state index contributed by atoms with van der Waals surface area (Å²) in [6.07, 6.45) is 0. The Balaban J connectivity index is 1.63. The van der Waals surface area contributed by atoms with Crippen LogP contribution in [0.4, 0.5) is 5.69 Å². The van der Waals surface area contributed by atoms with Crippen molar-refractivity contribution in [3.05, 3.63) is 51.2 Å². The maximum Gasteiger partial charge on any atom is 0.254 e. The molecule has 23 heavy (non-hydrogen) atoms. The summed E-state index contributed by atoms with van der Waals surface area (Å²) in [5.41, 5.74) is 1.96. The molecule has 0 aliphatic carbocycles. The average molecular weight is 349 g/mol. The van der Waals surface area contributed by atoms with Crippen LogP contribution in [0.1, 0.15) is 35.0 Å². The fourth-order valence-electron chi connectivity index (χ4n) is 2.79. The van der Waals surface area contributed by atoms with Gasteiger partial charge < -0.3 is 9.80 Å². The number of hydrogen-bond acceptors (Lipinski definition) is 3. The van der Waals surface area contributed by atoms with Crippen LogP contribution in [0.25, 0.3) is 0 Å². The Morgan fingerprint density at radius 2 is 1.91 bits per heavy atom. The van der Waals surface area contributed by atoms with Gasteiger partial charge in [-0.3, -0.25) is 4.79 Å². The number of piperazine rings is 1. The first-order valence-electron chi connectivity index (χ1n) is 7.93. The Morgan fingerprint density at radius 3 is 2.52 bits per heavy atom. The summed E-state index contributed by atoms with van der Waals surface area (Å²) in [6.45, 7) is 7.49. The van der Waals surface area contributed by atoms with Gasteiger partial charge in [0.1, 0.15) is 0 Å². The van der Waals surface area contributed by atoms with Crippen LogP contribution in [0, 0.1) is 0 Å². The lowest BCUT2D eigenvalue weighted by Gasteiger charge is -2.36. The maximum atomic E-state index is 12.6. The largest absolute Gasteiger partial charge is 0.368 e. The SMILES string of the molecule is CC(C)c1cc(C(=O)N2CCN(c3cccc(Cl)c3)CC2)cs1. The number of benzene rings is 1. The quantitative estimate of drug-likeness (QED) is 0.816. The molecule has 5 heteroatoms. The van der Waals surface area contributed by atoms with E-state index in [0.29, 0.717) is 5.92 Å². The summed E-state index contributed by atoms with van der Waals surface area (Å²) in [5.74, 6) is 0.625. The number of hydrogen-bond donors (Lipinski definition) is 0. The lowest BCUT2D eigenvalue weighted by atomic mass is 10.1. The molecule has 1 aromatic carbocycles. The van der Waals surface area contributed by atoms with E-state index in [2.05, 4.69) is 24.8 Å². The number of carbonyl (C=O) groups excluding carboxylic acids is 1. The Kier molecular flexibility index (Phi) is 4.93. The van der Waals surface area contributed by atoms with Crippen LogP contribution >= 0.6 is 22.9 Å². The van der Waals surface area contributed by atoms with Crippen LogP contribution in [-0.4, -0.2) is 37.0 Å². The normalized spacial score (nSPS) is 15.3. The second kappa shape index (κ2) is 6.93. The molecule has 1 amide bonds. The van der Waals surface area contributed by atoms with Gasteiger partial charge in [0.05, 0.1) is 5.56 Å². The number of thiophene rings is 1. The van der Waals surface area contributed by atoms with Gasteiger partial charge in [-0.25, -0.2) is 0 Å². The lowest BCUT2D eigenvalue weighted by molar-refractivity contribution is 0.0747. The monoisotopic (exact) mass is 348 g/mol. The van der Waals surface area contributed by atoms with Crippen LogP contribution in [-0.2, 0) is 0 Å². The minimum Gasteiger partial charge on any atom is -0.368 e. The molecule has 1 aliphatic rings. The number of rotatable bonds is 3. The van der Waals surface area contributed by atoms with Crippen molar-refractivity contribution in [1.29, 1.82) is 0 Å². The molecule has 2 heterocycles. The Bertz CT molecular complexity index is 690. The zero-order valence-corrected chi connectivity index (χ0v) is 15.0. The van der Waals surface area contributed by atoms with Gasteiger partial charge in [-0.05, 0) is 30.2 Å². The van der Waals surface area contributed by atoms with E-state index >= 15 is 0 Å². The van der Waals surface area contributed by atoms with Crippen LogP contribution in [0.15, 0.2) is 35.7 Å². The van der Waals surface area contributed by atoms with Crippen molar-refractivity contribution in [2.24, 2.45) is 0 Å². The number of anilines is 1. The first kappa shape index (κ1) is 16.3. The second-order valence-electron chi connectivity index (χ2n) is 6.15. The molecule has 0 unspecified atom stereocenters. The Labute approximate surface area is 146 Å². The highest BCUT2D eigenvalue weighted by atomic mass is 35.5. The molecule has 3 nitrogen and oxygen atoms in total. The van der Waals surface area contributed by atoms with Crippen molar-refractivity contribution in [2.45, 2.75) is 19.8 Å². The summed E-state index contributed by atoms with van der Waals surface area (Å²) in [5, 5.41) is 2.74. The lowest BCUT2D eigenvalue weighted by Crippen LogP contribution is -2.48. The highest BCUT2D eigenvalue weighted by molar-refractivity contribution is 7.10. The Hall–Kier alpha value is -1.52. The van der Waals surface area contributed by atoms with E-state index in [1.54, 1.807) is 11.3 Å². The van der Waals surface area contributed by atoms with Crippen LogP contribution in [0.2, 0.25) is 5.02 Å². The summed E-state index contributed by atoms with van der Waals surface area (Å²) in [7, 11) is 0. The molecular weight excluding hydrogens is 328 g/mol. The second-order valence-corrected chi connectivity index (χ2v) is 7.53. The molecular formula is C18H21ClN2OS. The van der Waals surface area contributed by atoms with Gasteiger partial charge in [-0.2, -0.15) is 0 Å². The third-order valence-corrected chi connectivity index (χ3v) is 5.64. The highest BCUT2D eigenvalue weighted by Crippen LogP contribution is 2.25. The molecule has 0 bridgehead atoms. The van der Waals surface area contributed by atoms with Gasteiger partial charge in [-0.15, -0.1) is 11.3 Å². The van der Waals surface area contributed by atoms with Crippen molar-refractivity contribution in [2.75, 3.05) is 31.1 Å². The van der Waals surface area contributed by atoms with E-state index in [9.17, 15) is 4.79 Å². The summed E-state index contributed by atoms with van der Waals surface area (Å²) < 4.78 is 0. The standard InChI is InChI=1S/C18H21ClN2OS/c1-13(2)17-10-14(12-23-17)18(22)21-8-6-20(7-9-21)16-5-3-4-15(19)11-16/h3-5,10-13H,6-9H2,1-2H3. The summed E-state index contributed by atoms with van der Waals surface area (Å²) >= 11 is 7.74. The molecule has 122 valence electrons. The molecule has 3 rings (SSSR count). The molecule has 2 aromatic rings. The van der Waals surface area contributed by atoms with Gasteiger partial charge in [0, 0.05) is 47.1 Å². The van der Waals surface area contributed by atoms with Gasteiger partial charge in [-0.1, -0.05) is 31.5 Å². The van der Waals surface area contributed by atoms with E-state index in [-0.39, 0.29) is 5.91 Å². The average Bonchev–Trinajstić information content (AvgIpc) is 3.04. The van der Waals surface area contributed by atoms with E-state index < -0.39 is 0 Å². The molecule has 0 N–H and O–H groups in total. The zero-order valence-electron chi connectivity index (χ0n) is 13.5. The van der Waals surface area contributed by atoms with Gasteiger partial charge in [0.25, 0.3) is 5.91 Å². The molecule has 0 radical (unpaired) electrons. The first-order chi connectivity index (χ1) is 11.0. The van der Waals surface area contributed by atoms with Gasteiger partial charge in [0.2, 0.25) is 0 Å². The third-order valence-electron chi connectivity index (χ3n) is 4.18. The van der Waals surface area contributed by atoms with Crippen LogP contribution in [0.3, 0.4) is 0 Å². The van der Waals surface area contributed by atoms with Crippen molar-refractivity contribution in [1.82, 2.24) is 4.90 Å². The summed E-state index contributed by atoms with van der Waals surface area (Å²) in [4.78, 5) is 18.1. The molecule has 0 atom stereocenters. The van der Waals surface area contributed by atoms with Gasteiger partial charge in [0.15, 0.2) is 0 Å². The van der Waals surface area contributed by atoms with Crippen molar-refractivity contribution in [3.63, 3.8) is 0 Å². The predicted octanol–water partition coefficient (Wildman–Crippen LogP) is 4.49. The van der Waals surface area contributed by atoms with Crippen LogP contribution < -0.4 is 4.90 Å². The van der Waals surface area contributed by atoms with E-state index in [4.69, 9.17) is 11.6 Å². The minimum absolute atomic E-state index is 0.152. The number of amides is 1. The topological polar surface area (TPSA) is 23.6 Å². The highest BCUT2D eigenvalue weighted by Gasteiger charge is 2.23. The van der Waals surface area contributed by atoms with E-state index in [1.807, 2.05) is 34.5 Å². The molecule has 1 fully saturated rings. The van der Waals surface area contributed by atoms with E-state index in [1.165, 1.54) is 4.88 Å².